The first kappa shape index (κ1) is 13.1. The summed E-state index contributed by atoms with van der Waals surface area (Å²) in [5, 5.41) is 0. The second-order valence-corrected chi connectivity index (χ2v) is 5.71. The molecule has 0 saturated heterocycles. The number of fused-ring (bicyclic) bond motifs is 1. The van der Waals surface area contributed by atoms with Crippen LogP contribution in [0.15, 0.2) is 36.7 Å². The van der Waals surface area contributed by atoms with Gasteiger partial charge in [-0.3, -0.25) is 4.40 Å². The molecule has 2 N–H and O–H groups in total. The standard InChI is InChI=1S/C17H18N4O/c1-22-13-7-3-6-12(10-13)14-15-16(18)19-8-9-21(15)17(20-14)11-4-2-5-11/h3,6-11H,2,4-5H2,1H3,(H2,18,19). The summed E-state index contributed by atoms with van der Waals surface area (Å²) >= 11 is 0. The summed E-state index contributed by atoms with van der Waals surface area (Å²) in [7, 11) is 1.67. The van der Waals surface area contributed by atoms with Crippen molar-refractivity contribution in [1.29, 1.82) is 0 Å². The Morgan fingerprint density at radius 2 is 2.18 bits per heavy atom. The number of anilines is 1. The Morgan fingerprint density at radius 3 is 2.91 bits per heavy atom. The molecule has 0 amide bonds. The van der Waals surface area contributed by atoms with Gasteiger partial charge in [0.25, 0.3) is 0 Å². The number of nitrogen functional groups attached to an aromatic ring is 1. The van der Waals surface area contributed by atoms with Crippen molar-refractivity contribution in [3.63, 3.8) is 0 Å². The zero-order valence-electron chi connectivity index (χ0n) is 12.5. The van der Waals surface area contributed by atoms with Gasteiger partial charge in [0.1, 0.15) is 28.6 Å². The highest BCUT2D eigenvalue weighted by atomic mass is 16.5. The second kappa shape index (κ2) is 5.02. The van der Waals surface area contributed by atoms with Crippen LogP contribution in [0.5, 0.6) is 5.75 Å². The Balaban J connectivity index is 1.96. The van der Waals surface area contributed by atoms with Crippen molar-refractivity contribution in [3.05, 3.63) is 42.5 Å². The van der Waals surface area contributed by atoms with Crippen LogP contribution >= 0.6 is 0 Å². The van der Waals surface area contributed by atoms with Crippen molar-refractivity contribution in [3.8, 4) is 17.0 Å². The maximum atomic E-state index is 6.13. The Bertz CT molecular complexity index is 836. The van der Waals surface area contributed by atoms with Crippen LogP contribution < -0.4 is 10.5 Å². The van der Waals surface area contributed by atoms with E-state index >= 15 is 0 Å². The lowest BCUT2D eigenvalue weighted by atomic mass is 9.85. The van der Waals surface area contributed by atoms with Gasteiger partial charge in [-0.15, -0.1) is 0 Å². The zero-order chi connectivity index (χ0) is 15.1. The minimum atomic E-state index is 0.512. The van der Waals surface area contributed by atoms with E-state index in [9.17, 15) is 0 Å². The van der Waals surface area contributed by atoms with Crippen LogP contribution in [0.1, 0.15) is 31.0 Å². The van der Waals surface area contributed by atoms with Gasteiger partial charge >= 0.3 is 0 Å². The predicted molar refractivity (Wildman–Crippen MR) is 86.0 cm³/mol. The molecule has 5 nitrogen and oxygen atoms in total. The molecule has 0 unspecified atom stereocenters. The van der Waals surface area contributed by atoms with E-state index in [2.05, 4.69) is 9.38 Å². The third-order valence-electron chi connectivity index (χ3n) is 4.42. The second-order valence-electron chi connectivity index (χ2n) is 5.71. The van der Waals surface area contributed by atoms with Gasteiger partial charge in [0.05, 0.1) is 7.11 Å². The van der Waals surface area contributed by atoms with Gasteiger partial charge in [0.2, 0.25) is 0 Å². The van der Waals surface area contributed by atoms with Crippen LogP contribution in [0.2, 0.25) is 0 Å². The molecule has 0 bridgehead atoms. The van der Waals surface area contributed by atoms with Gasteiger partial charge in [0.15, 0.2) is 0 Å². The number of nitrogens with two attached hydrogens (primary N) is 1. The number of benzene rings is 1. The Kier molecular flexibility index (Phi) is 2.99. The third kappa shape index (κ3) is 1.93. The molecule has 1 fully saturated rings. The number of rotatable bonds is 3. The van der Waals surface area contributed by atoms with Crippen molar-refractivity contribution in [1.82, 2.24) is 14.4 Å². The predicted octanol–water partition coefficient (Wildman–Crippen LogP) is 3.25. The number of imidazole rings is 1. The summed E-state index contributed by atoms with van der Waals surface area (Å²) in [4.78, 5) is 9.14. The largest absolute Gasteiger partial charge is 0.497 e. The van der Waals surface area contributed by atoms with Gasteiger partial charge in [0, 0.05) is 23.9 Å². The van der Waals surface area contributed by atoms with Gasteiger partial charge in [-0.25, -0.2) is 9.97 Å². The molecule has 2 aromatic heterocycles. The van der Waals surface area contributed by atoms with Crippen LogP contribution in [-0.2, 0) is 0 Å². The van der Waals surface area contributed by atoms with E-state index in [1.807, 2.05) is 30.5 Å². The highest BCUT2D eigenvalue weighted by Gasteiger charge is 2.26. The molecule has 0 spiro atoms. The van der Waals surface area contributed by atoms with Crippen molar-refractivity contribution in [2.45, 2.75) is 25.2 Å². The van der Waals surface area contributed by atoms with Gasteiger partial charge in [-0.05, 0) is 25.0 Å². The summed E-state index contributed by atoms with van der Waals surface area (Å²) in [5.74, 6) is 2.94. The molecule has 3 aromatic rings. The maximum Gasteiger partial charge on any atom is 0.150 e. The molecule has 1 saturated carbocycles. The van der Waals surface area contributed by atoms with Crippen LogP contribution in [0.25, 0.3) is 16.8 Å². The smallest absolute Gasteiger partial charge is 0.150 e. The molecule has 0 aliphatic heterocycles. The van der Waals surface area contributed by atoms with E-state index in [0.29, 0.717) is 11.7 Å². The molecule has 0 radical (unpaired) electrons. The van der Waals surface area contributed by atoms with Crippen molar-refractivity contribution >= 4 is 11.3 Å². The SMILES string of the molecule is COc1cccc(-c2nc(C3CCC3)n3ccnc(N)c23)c1. The number of hydrogen-bond donors (Lipinski definition) is 1. The van der Waals surface area contributed by atoms with Crippen LogP contribution in [0.3, 0.4) is 0 Å². The van der Waals surface area contributed by atoms with E-state index < -0.39 is 0 Å². The molecule has 22 heavy (non-hydrogen) atoms. The van der Waals surface area contributed by atoms with E-state index in [1.54, 1.807) is 13.3 Å². The lowest BCUT2D eigenvalue weighted by molar-refractivity contribution is 0.400. The third-order valence-corrected chi connectivity index (χ3v) is 4.42. The first-order valence-corrected chi connectivity index (χ1v) is 7.55. The topological polar surface area (TPSA) is 65.4 Å². The monoisotopic (exact) mass is 294 g/mol. The number of aromatic nitrogens is 3. The average molecular weight is 294 g/mol. The first-order chi connectivity index (χ1) is 10.8. The summed E-state index contributed by atoms with van der Waals surface area (Å²) in [5.41, 5.74) is 8.90. The van der Waals surface area contributed by atoms with Crippen molar-refractivity contribution in [2.24, 2.45) is 0 Å². The molecule has 112 valence electrons. The molecule has 4 rings (SSSR count). The minimum absolute atomic E-state index is 0.512. The molecule has 1 aliphatic carbocycles. The van der Waals surface area contributed by atoms with E-state index in [0.717, 1.165) is 28.3 Å². The quantitative estimate of drug-likeness (QED) is 0.805. The fourth-order valence-corrected chi connectivity index (χ4v) is 3.01. The molecular formula is C17H18N4O. The Morgan fingerprint density at radius 1 is 1.32 bits per heavy atom. The summed E-state index contributed by atoms with van der Waals surface area (Å²) < 4.78 is 7.42. The van der Waals surface area contributed by atoms with Crippen LogP contribution in [0.4, 0.5) is 5.82 Å². The summed E-state index contributed by atoms with van der Waals surface area (Å²) in [6, 6.07) is 7.91. The summed E-state index contributed by atoms with van der Waals surface area (Å²) in [6.45, 7) is 0. The Hall–Kier alpha value is -2.56. The van der Waals surface area contributed by atoms with Crippen molar-refractivity contribution < 1.29 is 4.74 Å². The number of methoxy groups -OCH3 is 1. The lowest BCUT2D eigenvalue weighted by Crippen LogP contribution is -2.12. The van der Waals surface area contributed by atoms with E-state index in [4.69, 9.17) is 15.5 Å². The fourth-order valence-electron chi connectivity index (χ4n) is 3.01. The fraction of sp³-hybridized carbons (Fsp3) is 0.294. The van der Waals surface area contributed by atoms with E-state index in [1.165, 1.54) is 19.3 Å². The first-order valence-electron chi connectivity index (χ1n) is 7.55. The average Bonchev–Trinajstić information content (AvgIpc) is 2.87. The Labute approximate surface area is 128 Å². The zero-order valence-corrected chi connectivity index (χ0v) is 12.5. The van der Waals surface area contributed by atoms with Crippen molar-refractivity contribution in [2.75, 3.05) is 12.8 Å². The molecular weight excluding hydrogens is 276 g/mol. The normalized spacial score (nSPS) is 15.0. The molecule has 2 heterocycles. The number of ether oxygens (including phenoxy) is 1. The number of hydrogen-bond acceptors (Lipinski definition) is 4. The van der Waals surface area contributed by atoms with Crippen LogP contribution in [-0.4, -0.2) is 21.5 Å². The van der Waals surface area contributed by atoms with Gasteiger partial charge in [-0.1, -0.05) is 18.6 Å². The number of nitrogens with zero attached hydrogens (tertiary/aromatic N) is 3. The maximum absolute atomic E-state index is 6.13. The van der Waals surface area contributed by atoms with Gasteiger partial charge < -0.3 is 10.5 Å². The lowest BCUT2D eigenvalue weighted by Gasteiger charge is -2.23. The molecule has 1 aromatic carbocycles. The van der Waals surface area contributed by atoms with Gasteiger partial charge in [-0.2, -0.15) is 0 Å². The molecule has 1 aliphatic rings. The highest BCUT2D eigenvalue weighted by Crippen LogP contribution is 2.39. The highest BCUT2D eigenvalue weighted by molar-refractivity contribution is 5.85. The molecule has 0 atom stereocenters. The van der Waals surface area contributed by atoms with E-state index in [-0.39, 0.29) is 0 Å². The molecule has 5 heteroatoms. The van der Waals surface area contributed by atoms with Crippen LogP contribution in [0, 0.1) is 0 Å². The minimum Gasteiger partial charge on any atom is -0.497 e. The summed E-state index contributed by atoms with van der Waals surface area (Å²) in [6.07, 6.45) is 7.35.